The number of nitrogens with two attached hydrogens (primary N) is 1. The molecule has 10 heteroatoms. The van der Waals surface area contributed by atoms with Crippen molar-refractivity contribution in [2.75, 3.05) is 12.4 Å². The third-order valence-corrected chi connectivity index (χ3v) is 7.34. The van der Waals surface area contributed by atoms with Crippen molar-refractivity contribution in [1.29, 1.82) is 15.8 Å². The van der Waals surface area contributed by atoms with Crippen molar-refractivity contribution >= 4 is 29.1 Å². The third-order valence-electron chi connectivity index (χ3n) is 5.46. The number of nitriles is 3. The molecule has 0 saturated carbocycles. The van der Waals surface area contributed by atoms with Gasteiger partial charge in [0.05, 0.1) is 51.6 Å². The van der Waals surface area contributed by atoms with E-state index in [0.717, 1.165) is 10.6 Å². The molecule has 4 rings (SSSR count). The van der Waals surface area contributed by atoms with Gasteiger partial charge >= 0.3 is 5.97 Å². The highest BCUT2D eigenvalue weighted by Crippen LogP contribution is 2.41. The van der Waals surface area contributed by atoms with Crippen LogP contribution in [0, 0.1) is 34.0 Å². The zero-order chi connectivity index (χ0) is 26.4. The van der Waals surface area contributed by atoms with Crippen molar-refractivity contribution < 1.29 is 14.3 Å². The average molecular weight is 526 g/mol. The number of allylic oxidation sites excluding steroid dienone is 1. The number of rotatable bonds is 7. The molecule has 1 atom stereocenters. The summed E-state index contributed by atoms with van der Waals surface area (Å²) in [7, 11) is 0. The number of benzene rings is 1. The molecule has 3 heterocycles. The minimum absolute atomic E-state index is 0.0667. The first-order valence-electron chi connectivity index (χ1n) is 11.1. The number of nitrogens with zero attached hydrogens (tertiary/aromatic N) is 4. The third kappa shape index (κ3) is 5.34. The van der Waals surface area contributed by atoms with Gasteiger partial charge in [-0.05, 0) is 48.2 Å². The molecule has 182 valence electrons. The second-order valence-corrected chi connectivity index (χ2v) is 9.55. The van der Waals surface area contributed by atoms with Crippen LogP contribution in [-0.2, 0) is 14.3 Å². The summed E-state index contributed by atoms with van der Waals surface area (Å²) in [5, 5.41) is 31.1. The fourth-order valence-electron chi connectivity index (χ4n) is 3.77. The fraction of sp³-hybridized carbons (Fsp3) is 0.148. The Kier molecular flexibility index (Phi) is 7.90. The largest absolute Gasteiger partial charge is 0.463 e. The van der Waals surface area contributed by atoms with E-state index in [1.807, 2.05) is 17.5 Å². The average Bonchev–Trinajstić information content (AvgIpc) is 3.46. The second kappa shape index (κ2) is 11.5. The van der Waals surface area contributed by atoms with Gasteiger partial charge in [-0.2, -0.15) is 15.8 Å². The van der Waals surface area contributed by atoms with Crippen LogP contribution in [0.25, 0.3) is 10.6 Å². The first kappa shape index (κ1) is 25.5. The second-order valence-electron chi connectivity index (χ2n) is 7.64. The molecule has 0 unspecified atom stereocenters. The summed E-state index contributed by atoms with van der Waals surface area (Å²) >= 11 is 2.75. The Morgan fingerprint density at radius 3 is 2.54 bits per heavy atom. The molecule has 1 aliphatic heterocycles. The van der Waals surface area contributed by atoms with Crippen LogP contribution in [-0.4, -0.2) is 23.3 Å². The SMILES string of the molecule is CCOC(=O)C1=C(CSc2nc(-c3cccs3)ccc2C#N)OC(N)=C(C#N)[C@H]1c1ccc(C#N)cc1. The van der Waals surface area contributed by atoms with Gasteiger partial charge in [-0.3, -0.25) is 0 Å². The van der Waals surface area contributed by atoms with Crippen LogP contribution in [0.1, 0.15) is 29.5 Å². The lowest BCUT2D eigenvalue weighted by Gasteiger charge is -2.28. The van der Waals surface area contributed by atoms with Crippen molar-refractivity contribution in [2.45, 2.75) is 17.9 Å². The number of pyridine rings is 1. The number of esters is 1. The van der Waals surface area contributed by atoms with E-state index in [1.54, 1.807) is 43.3 Å². The van der Waals surface area contributed by atoms with Crippen molar-refractivity contribution in [1.82, 2.24) is 4.98 Å². The van der Waals surface area contributed by atoms with E-state index in [2.05, 4.69) is 23.2 Å². The smallest absolute Gasteiger partial charge is 0.338 e. The van der Waals surface area contributed by atoms with E-state index in [4.69, 9.17) is 20.5 Å². The van der Waals surface area contributed by atoms with Gasteiger partial charge in [-0.15, -0.1) is 11.3 Å². The van der Waals surface area contributed by atoms with E-state index in [-0.39, 0.29) is 35.1 Å². The van der Waals surface area contributed by atoms with E-state index in [0.29, 0.717) is 21.7 Å². The summed E-state index contributed by atoms with van der Waals surface area (Å²) in [6.07, 6.45) is 0. The van der Waals surface area contributed by atoms with Gasteiger partial charge < -0.3 is 15.2 Å². The van der Waals surface area contributed by atoms with Crippen LogP contribution >= 0.6 is 23.1 Å². The monoisotopic (exact) mass is 525 g/mol. The Labute approximate surface area is 221 Å². The summed E-state index contributed by atoms with van der Waals surface area (Å²) in [5.74, 6) is -1.30. The van der Waals surface area contributed by atoms with E-state index in [1.165, 1.54) is 23.1 Å². The number of carbonyl (C=O) groups is 1. The Bertz CT molecular complexity index is 1520. The van der Waals surface area contributed by atoms with Crippen molar-refractivity contribution in [2.24, 2.45) is 5.73 Å². The lowest BCUT2D eigenvalue weighted by molar-refractivity contribution is -0.139. The van der Waals surface area contributed by atoms with Crippen LogP contribution in [0.5, 0.6) is 0 Å². The Balaban J connectivity index is 1.77. The molecular weight excluding hydrogens is 506 g/mol. The van der Waals surface area contributed by atoms with Crippen molar-refractivity contribution in [3.8, 4) is 28.8 Å². The quantitative estimate of drug-likeness (QED) is 0.333. The molecular formula is C27H19N5O3S2. The van der Waals surface area contributed by atoms with Gasteiger partial charge in [0.25, 0.3) is 0 Å². The summed E-state index contributed by atoms with van der Waals surface area (Å²) in [6.45, 7) is 1.80. The molecule has 0 amide bonds. The molecule has 0 aliphatic carbocycles. The summed E-state index contributed by atoms with van der Waals surface area (Å²) in [5.41, 5.74) is 8.46. The summed E-state index contributed by atoms with van der Waals surface area (Å²) in [4.78, 5) is 18.8. The molecule has 1 aliphatic rings. The first-order valence-corrected chi connectivity index (χ1v) is 12.9. The summed E-state index contributed by atoms with van der Waals surface area (Å²) in [6, 6.07) is 20.2. The predicted molar refractivity (Wildman–Crippen MR) is 138 cm³/mol. The number of hydrogen-bond donors (Lipinski definition) is 1. The predicted octanol–water partition coefficient (Wildman–Crippen LogP) is 4.97. The molecule has 8 nitrogen and oxygen atoms in total. The van der Waals surface area contributed by atoms with Crippen molar-refractivity contribution in [3.05, 3.63) is 93.4 Å². The van der Waals surface area contributed by atoms with Gasteiger partial charge in [-0.1, -0.05) is 30.0 Å². The number of hydrogen-bond acceptors (Lipinski definition) is 10. The zero-order valence-corrected chi connectivity index (χ0v) is 21.2. The highest BCUT2D eigenvalue weighted by molar-refractivity contribution is 7.99. The molecule has 0 saturated heterocycles. The number of carbonyl (C=O) groups excluding carboxylic acids is 1. The molecule has 2 N–H and O–H groups in total. The van der Waals surface area contributed by atoms with Crippen LogP contribution in [0.15, 0.2) is 81.7 Å². The maximum atomic E-state index is 13.2. The molecule has 0 bridgehead atoms. The maximum absolute atomic E-state index is 13.2. The highest BCUT2D eigenvalue weighted by atomic mass is 32.2. The van der Waals surface area contributed by atoms with Crippen LogP contribution in [0.2, 0.25) is 0 Å². The van der Waals surface area contributed by atoms with E-state index < -0.39 is 11.9 Å². The minimum atomic E-state index is -0.845. The van der Waals surface area contributed by atoms with Gasteiger partial charge in [0, 0.05) is 0 Å². The van der Waals surface area contributed by atoms with Crippen LogP contribution in [0.3, 0.4) is 0 Å². The van der Waals surface area contributed by atoms with Crippen molar-refractivity contribution in [3.63, 3.8) is 0 Å². The molecule has 2 aromatic heterocycles. The number of thioether (sulfide) groups is 1. The lowest BCUT2D eigenvalue weighted by atomic mass is 9.83. The Morgan fingerprint density at radius 1 is 1.14 bits per heavy atom. The molecule has 0 radical (unpaired) electrons. The highest BCUT2D eigenvalue weighted by Gasteiger charge is 2.37. The topological polar surface area (TPSA) is 146 Å². The van der Waals surface area contributed by atoms with E-state index in [9.17, 15) is 15.3 Å². The van der Waals surface area contributed by atoms with Gasteiger partial charge in [-0.25, -0.2) is 9.78 Å². The Morgan fingerprint density at radius 2 is 1.92 bits per heavy atom. The molecule has 3 aromatic rings. The first-order chi connectivity index (χ1) is 18.0. The number of aromatic nitrogens is 1. The van der Waals surface area contributed by atoms with Gasteiger partial charge in [0.1, 0.15) is 28.5 Å². The molecule has 0 spiro atoms. The van der Waals surface area contributed by atoms with E-state index >= 15 is 0 Å². The number of thiophene rings is 1. The standard InChI is InChI=1S/C27H19N5O3S2/c1-2-34-27(33)24-21(15-37-26-18(13-29)9-10-20(32-26)22-4-3-11-36-22)35-25(31)19(14-30)23(24)17-7-5-16(12-28)6-8-17/h3-11,23H,2,15,31H2,1H3/t23-/m1/s1. The fourth-order valence-corrected chi connectivity index (χ4v) is 5.38. The zero-order valence-electron chi connectivity index (χ0n) is 19.6. The summed E-state index contributed by atoms with van der Waals surface area (Å²) < 4.78 is 11.1. The maximum Gasteiger partial charge on any atom is 0.338 e. The molecule has 37 heavy (non-hydrogen) atoms. The van der Waals surface area contributed by atoms with Crippen LogP contribution < -0.4 is 5.73 Å². The van der Waals surface area contributed by atoms with Crippen LogP contribution in [0.4, 0.5) is 0 Å². The Hall–Kier alpha value is -4.56. The lowest BCUT2D eigenvalue weighted by Crippen LogP contribution is -2.27. The normalized spacial score (nSPS) is 14.8. The minimum Gasteiger partial charge on any atom is -0.463 e. The van der Waals surface area contributed by atoms with Gasteiger partial charge in [0.15, 0.2) is 0 Å². The number of ether oxygens (including phenoxy) is 2. The van der Waals surface area contributed by atoms with Gasteiger partial charge in [0.2, 0.25) is 5.88 Å². The molecule has 1 aromatic carbocycles. The molecule has 0 fully saturated rings.